The lowest BCUT2D eigenvalue weighted by atomic mass is 9.96. The van der Waals surface area contributed by atoms with Gasteiger partial charge >= 0.3 is 6.18 Å². The molecule has 3 nitrogen and oxygen atoms in total. The normalized spacial score (nSPS) is 18.1. The van der Waals surface area contributed by atoms with Crippen LogP contribution in [0.1, 0.15) is 12.8 Å². The lowest BCUT2D eigenvalue weighted by Gasteiger charge is -2.34. The van der Waals surface area contributed by atoms with Crippen molar-refractivity contribution in [2.75, 3.05) is 23.7 Å². The van der Waals surface area contributed by atoms with Gasteiger partial charge in [0.05, 0.1) is 11.6 Å². The number of rotatable bonds is 1. The van der Waals surface area contributed by atoms with Gasteiger partial charge in [-0.1, -0.05) is 0 Å². The fraction of sp³-hybridized carbons (Fsp3) is 0.545. The molecule has 1 fully saturated rings. The third-order valence-corrected chi connectivity index (χ3v) is 3.55. The summed E-state index contributed by atoms with van der Waals surface area (Å²) in [5, 5.41) is 0. The van der Waals surface area contributed by atoms with Gasteiger partial charge in [-0.05, 0) is 34.8 Å². The van der Waals surface area contributed by atoms with Crippen LogP contribution in [0.3, 0.4) is 0 Å². The zero-order valence-corrected chi connectivity index (χ0v) is 11.1. The van der Waals surface area contributed by atoms with E-state index in [1.54, 1.807) is 12.3 Å². The van der Waals surface area contributed by atoms with Gasteiger partial charge in [0.1, 0.15) is 0 Å². The minimum Gasteiger partial charge on any atom is -0.396 e. The van der Waals surface area contributed by atoms with Gasteiger partial charge in [0.25, 0.3) is 0 Å². The quantitative estimate of drug-likeness (QED) is 0.863. The number of nitrogen functional groups attached to an aromatic ring is 1. The first-order valence-corrected chi connectivity index (χ1v) is 6.40. The molecule has 0 spiro atoms. The number of nitrogens with two attached hydrogens (primary N) is 1. The van der Waals surface area contributed by atoms with Crippen LogP contribution in [0.15, 0.2) is 16.7 Å². The van der Waals surface area contributed by atoms with Crippen LogP contribution in [0.4, 0.5) is 24.7 Å². The molecule has 0 aliphatic carbocycles. The summed E-state index contributed by atoms with van der Waals surface area (Å²) in [6, 6.07) is 1.71. The van der Waals surface area contributed by atoms with Gasteiger partial charge in [-0.15, -0.1) is 0 Å². The molecule has 0 amide bonds. The van der Waals surface area contributed by atoms with Crippen LogP contribution in [0.2, 0.25) is 0 Å². The molecule has 2 N–H and O–H groups in total. The second-order valence-corrected chi connectivity index (χ2v) is 5.28. The third kappa shape index (κ3) is 2.88. The Hall–Kier alpha value is -0.980. The lowest BCUT2D eigenvalue weighted by Crippen LogP contribution is -2.39. The summed E-state index contributed by atoms with van der Waals surface area (Å²) in [6.45, 7) is 0.673. The van der Waals surface area contributed by atoms with Crippen molar-refractivity contribution in [3.63, 3.8) is 0 Å². The fourth-order valence-corrected chi connectivity index (χ4v) is 2.48. The van der Waals surface area contributed by atoms with E-state index in [1.165, 1.54) is 0 Å². The number of hydrogen-bond acceptors (Lipinski definition) is 3. The molecule has 100 valence electrons. The van der Waals surface area contributed by atoms with E-state index in [1.807, 2.05) is 4.90 Å². The molecule has 1 aromatic rings. The molecule has 0 aromatic carbocycles. The Morgan fingerprint density at radius 2 is 1.94 bits per heavy atom. The molecule has 1 aromatic heterocycles. The highest BCUT2D eigenvalue weighted by Gasteiger charge is 2.41. The summed E-state index contributed by atoms with van der Waals surface area (Å²) in [4.78, 5) is 5.97. The van der Waals surface area contributed by atoms with Crippen LogP contribution in [0.25, 0.3) is 0 Å². The number of halogens is 4. The van der Waals surface area contributed by atoms with E-state index >= 15 is 0 Å². The molecule has 0 saturated carbocycles. The van der Waals surface area contributed by atoms with Crippen molar-refractivity contribution in [3.8, 4) is 0 Å². The van der Waals surface area contributed by atoms with Gasteiger partial charge in [-0.3, -0.25) is 0 Å². The molecule has 1 saturated heterocycles. The third-order valence-electron chi connectivity index (χ3n) is 3.12. The van der Waals surface area contributed by atoms with Crippen LogP contribution in [-0.4, -0.2) is 24.2 Å². The summed E-state index contributed by atoms with van der Waals surface area (Å²) in [6.07, 6.45) is -2.30. The van der Waals surface area contributed by atoms with Crippen molar-refractivity contribution in [2.45, 2.75) is 19.0 Å². The molecule has 0 unspecified atom stereocenters. The van der Waals surface area contributed by atoms with E-state index in [-0.39, 0.29) is 12.8 Å². The first kappa shape index (κ1) is 13.5. The van der Waals surface area contributed by atoms with Gasteiger partial charge in [0.2, 0.25) is 0 Å². The van der Waals surface area contributed by atoms with E-state index in [0.717, 1.165) is 4.47 Å². The standard InChI is InChI=1S/C11H13BrF3N3/c12-8-5-9(16)10(17-6-8)18-3-1-7(2-4-18)11(13,14)15/h5-7H,1-4,16H2. The molecule has 0 atom stereocenters. The van der Waals surface area contributed by atoms with E-state index in [9.17, 15) is 13.2 Å². The molecule has 0 bridgehead atoms. The highest BCUT2D eigenvalue weighted by molar-refractivity contribution is 9.10. The smallest absolute Gasteiger partial charge is 0.391 e. The summed E-state index contributed by atoms with van der Waals surface area (Å²) in [7, 11) is 0. The van der Waals surface area contributed by atoms with E-state index < -0.39 is 12.1 Å². The van der Waals surface area contributed by atoms with Gasteiger partial charge < -0.3 is 10.6 Å². The molecule has 2 rings (SSSR count). The molecule has 1 aliphatic rings. The first-order chi connectivity index (χ1) is 8.38. The van der Waals surface area contributed by atoms with Crippen molar-refractivity contribution in [1.82, 2.24) is 4.98 Å². The average Bonchev–Trinajstić information content (AvgIpc) is 2.28. The van der Waals surface area contributed by atoms with Crippen molar-refractivity contribution in [3.05, 3.63) is 16.7 Å². The number of nitrogens with zero attached hydrogens (tertiary/aromatic N) is 2. The van der Waals surface area contributed by atoms with Gasteiger partial charge in [0, 0.05) is 23.8 Å². The zero-order chi connectivity index (χ0) is 13.3. The molecule has 2 heterocycles. The fourth-order valence-electron chi connectivity index (χ4n) is 2.13. The monoisotopic (exact) mass is 323 g/mol. The number of pyridine rings is 1. The summed E-state index contributed by atoms with van der Waals surface area (Å²) in [5.41, 5.74) is 6.30. The Kier molecular flexibility index (Phi) is 3.70. The molecular weight excluding hydrogens is 311 g/mol. The minimum absolute atomic E-state index is 0.0979. The highest BCUT2D eigenvalue weighted by Crippen LogP contribution is 2.36. The molecule has 0 radical (unpaired) electrons. The number of alkyl halides is 3. The Bertz CT molecular complexity index is 428. The Morgan fingerprint density at radius 3 is 2.44 bits per heavy atom. The predicted molar refractivity (Wildman–Crippen MR) is 67.3 cm³/mol. The highest BCUT2D eigenvalue weighted by atomic mass is 79.9. The van der Waals surface area contributed by atoms with Crippen LogP contribution in [0, 0.1) is 5.92 Å². The second-order valence-electron chi connectivity index (χ2n) is 4.37. The summed E-state index contributed by atoms with van der Waals surface area (Å²) in [5.74, 6) is -0.635. The molecule has 1 aliphatic heterocycles. The van der Waals surface area contributed by atoms with Crippen molar-refractivity contribution < 1.29 is 13.2 Å². The number of hydrogen-bond donors (Lipinski definition) is 1. The van der Waals surface area contributed by atoms with Gasteiger partial charge in [-0.25, -0.2) is 4.98 Å². The lowest BCUT2D eigenvalue weighted by molar-refractivity contribution is -0.179. The van der Waals surface area contributed by atoms with Gasteiger partial charge in [0.15, 0.2) is 5.82 Å². The number of anilines is 2. The van der Waals surface area contributed by atoms with E-state index in [0.29, 0.717) is 24.6 Å². The maximum Gasteiger partial charge on any atom is 0.391 e. The number of aromatic nitrogens is 1. The van der Waals surface area contributed by atoms with E-state index in [4.69, 9.17) is 5.73 Å². The predicted octanol–water partition coefficient (Wildman–Crippen LogP) is 3.21. The van der Waals surface area contributed by atoms with Crippen molar-refractivity contribution >= 4 is 27.4 Å². The minimum atomic E-state index is -4.09. The Morgan fingerprint density at radius 1 is 1.33 bits per heavy atom. The van der Waals surface area contributed by atoms with Crippen LogP contribution in [-0.2, 0) is 0 Å². The summed E-state index contributed by atoms with van der Waals surface area (Å²) >= 11 is 3.25. The van der Waals surface area contributed by atoms with Crippen molar-refractivity contribution in [1.29, 1.82) is 0 Å². The van der Waals surface area contributed by atoms with Gasteiger partial charge in [-0.2, -0.15) is 13.2 Å². The Labute approximate surface area is 111 Å². The maximum atomic E-state index is 12.5. The molecule has 7 heteroatoms. The Balaban J connectivity index is 2.06. The van der Waals surface area contributed by atoms with Crippen LogP contribution < -0.4 is 10.6 Å². The summed E-state index contributed by atoms with van der Waals surface area (Å²) < 4.78 is 38.4. The average molecular weight is 324 g/mol. The largest absolute Gasteiger partial charge is 0.396 e. The second kappa shape index (κ2) is 4.95. The first-order valence-electron chi connectivity index (χ1n) is 5.60. The SMILES string of the molecule is Nc1cc(Br)cnc1N1CCC(C(F)(F)F)CC1. The van der Waals surface area contributed by atoms with Crippen LogP contribution in [0.5, 0.6) is 0 Å². The maximum absolute atomic E-state index is 12.5. The topological polar surface area (TPSA) is 42.1 Å². The van der Waals surface area contributed by atoms with E-state index in [2.05, 4.69) is 20.9 Å². The zero-order valence-electron chi connectivity index (χ0n) is 9.54. The van der Waals surface area contributed by atoms with Crippen molar-refractivity contribution in [2.24, 2.45) is 5.92 Å². The molecular formula is C11H13BrF3N3. The molecule has 18 heavy (non-hydrogen) atoms. The number of piperidine rings is 1. The van der Waals surface area contributed by atoms with Crippen LogP contribution >= 0.6 is 15.9 Å².